The van der Waals surface area contributed by atoms with Crippen molar-refractivity contribution in [2.75, 3.05) is 0 Å². The fourth-order valence-electron chi connectivity index (χ4n) is 3.55. The van der Waals surface area contributed by atoms with Gasteiger partial charge in [0.25, 0.3) is 0 Å². The maximum Gasteiger partial charge on any atom is 0.315 e. The Morgan fingerprint density at radius 2 is 1.83 bits per heavy atom. The molecule has 0 amide bonds. The maximum absolute atomic E-state index is 12.8. The van der Waals surface area contributed by atoms with Crippen LogP contribution in [0.1, 0.15) is 5.56 Å². The van der Waals surface area contributed by atoms with Crippen molar-refractivity contribution >= 4 is 70.5 Å². The van der Waals surface area contributed by atoms with E-state index < -0.39 is 0 Å². The molecule has 0 bridgehead atoms. The highest BCUT2D eigenvalue weighted by Crippen LogP contribution is 2.38. The number of pyridine rings is 1. The Bertz CT molecular complexity index is 1410. The highest BCUT2D eigenvalue weighted by atomic mass is 79.9. The van der Waals surface area contributed by atoms with E-state index in [-0.39, 0.29) is 12.4 Å². The average molecular weight is 511 g/mol. The molecule has 0 fully saturated rings. The van der Waals surface area contributed by atoms with Crippen molar-refractivity contribution in [2.24, 2.45) is 0 Å². The quantitative estimate of drug-likeness (QED) is 0.197. The second kappa shape index (κ2) is 7.28. The molecule has 0 aliphatic carbocycles. The Morgan fingerprint density at radius 3 is 2.72 bits per heavy atom. The lowest BCUT2D eigenvalue weighted by molar-refractivity contribution is -0.133. The monoisotopic (exact) mass is 509 g/mol. The first-order valence-corrected chi connectivity index (χ1v) is 10.5. The second-order valence-electron chi connectivity index (χ2n) is 6.64. The third-order valence-corrected chi connectivity index (χ3v) is 6.09. The molecule has 0 saturated heterocycles. The average Bonchev–Trinajstić information content (AvgIpc) is 3.14. The van der Waals surface area contributed by atoms with E-state index >= 15 is 0 Å². The van der Waals surface area contributed by atoms with Gasteiger partial charge in [-0.1, -0.05) is 52.3 Å². The van der Waals surface area contributed by atoms with Crippen LogP contribution in [0.4, 0.5) is 0 Å². The number of benzene rings is 3. The second-order valence-corrected chi connectivity index (χ2v) is 8.35. The number of hydrogen-bond donors (Lipinski definition) is 0. The number of aromatic nitrogens is 1. The summed E-state index contributed by atoms with van der Waals surface area (Å²) in [6.45, 7) is 0. The van der Waals surface area contributed by atoms with Gasteiger partial charge in [-0.05, 0) is 44.9 Å². The van der Waals surface area contributed by atoms with Crippen LogP contribution in [-0.2, 0) is 11.2 Å². The molecule has 0 radical (unpaired) electrons. The largest absolute Gasteiger partial charge is 0.464 e. The smallest absolute Gasteiger partial charge is 0.315 e. The summed E-state index contributed by atoms with van der Waals surface area (Å²) in [7, 11) is 0. The number of nitrogens with zero attached hydrogens (tertiary/aromatic N) is 1. The van der Waals surface area contributed by atoms with Gasteiger partial charge in [-0.2, -0.15) is 0 Å². The Balaban J connectivity index is 1.53. The SMILES string of the molecule is O=C(Cc1coc2ccc3ccccc3c12)Oc1c(Br)cc(Br)c2cccnc12. The summed E-state index contributed by atoms with van der Waals surface area (Å²) in [4.78, 5) is 17.2. The Kier molecular flexibility index (Phi) is 4.60. The van der Waals surface area contributed by atoms with E-state index in [4.69, 9.17) is 9.15 Å². The third kappa shape index (κ3) is 3.22. The zero-order chi connectivity index (χ0) is 20.0. The minimum atomic E-state index is -0.379. The maximum atomic E-state index is 12.8. The molecule has 142 valence electrons. The lowest BCUT2D eigenvalue weighted by Crippen LogP contribution is -2.12. The van der Waals surface area contributed by atoms with Gasteiger partial charge < -0.3 is 9.15 Å². The number of carbonyl (C=O) groups excluding carboxylic acids is 1. The number of halogens is 2. The van der Waals surface area contributed by atoms with Gasteiger partial charge in [0.1, 0.15) is 11.1 Å². The molecular formula is C23H13Br2NO3. The molecule has 2 aromatic heterocycles. The van der Waals surface area contributed by atoms with Crippen LogP contribution in [0.5, 0.6) is 5.75 Å². The van der Waals surface area contributed by atoms with Crippen LogP contribution >= 0.6 is 31.9 Å². The number of furan rings is 1. The van der Waals surface area contributed by atoms with Crippen LogP contribution in [0.2, 0.25) is 0 Å². The molecule has 4 nitrogen and oxygen atoms in total. The van der Waals surface area contributed by atoms with E-state index in [1.807, 2.05) is 54.6 Å². The van der Waals surface area contributed by atoms with E-state index in [2.05, 4.69) is 36.8 Å². The fourth-order valence-corrected chi connectivity index (χ4v) is 4.91. The molecule has 0 saturated carbocycles. The van der Waals surface area contributed by atoms with E-state index in [0.717, 1.165) is 37.2 Å². The highest BCUT2D eigenvalue weighted by Gasteiger charge is 2.18. The van der Waals surface area contributed by atoms with E-state index in [9.17, 15) is 4.79 Å². The Hall–Kier alpha value is -2.70. The first kappa shape index (κ1) is 18.3. The number of hydrogen-bond acceptors (Lipinski definition) is 4. The van der Waals surface area contributed by atoms with Crippen molar-refractivity contribution in [2.45, 2.75) is 6.42 Å². The Labute approximate surface area is 182 Å². The van der Waals surface area contributed by atoms with Crippen LogP contribution in [0, 0.1) is 0 Å². The summed E-state index contributed by atoms with van der Waals surface area (Å²) in [5.74, 6) is 0.0297. The van der Waals surface area contributed by atoms with Crippen LogP contribution in [0.15, 0.2) is 80.4 Å². The number of carbonyl (C=O) groups is 1. The van der Waals surface area contributed by atoms with Crippen molar-refractivity contribution in [1.29, 1.82) is 0 Å². The number of ether oxygens (including phenoxy) is 1. The summed E-state index contributed by atoms with van der Waals surface area (Å²) in [6, 6.07) is 17.6. The molecule has 3 aromatic carbocycles. The van der Waals surface area contributed by atoms with Crippen LogP contribution in [0.25, 0.3) is 32.6 Å². The molecule has 6 heteroatoms. The summed E-state index contributed by atoms with van der Waals surface area (Å²) in [5.41, 5.74) is 2.17. The molecule has 0 aliphatic heterocycles. The summed E-state index contributed by atoms with van der Waals surface area (Å²) < 4.78 is 13.0. The van der Waals surface area contributed by atoms with Gasteiger partial charge in [-0.25, -0.2) is 0 Å². The highest BCUT2D eigenvalue weighted by molar-refractivity contribution is 9.11. The zero-order valence-corrected chi connectivity index (χ0v) is 18.2. The molecule has 2 heterocycles. The van der Waals surface area contributed by atoms with Gasteiger partial charge in [0.05, 0.1) is 17.2 Å². The Morgan fingerprint density at radius 1 is 1.00 bits per heavy atom. The minimum absolute atomic E-state index is 0.0951. The normalized spacial score (nSPS) is 11.4. The third-order valence-electron chi connectivity index (χ3n) is 4.84. The first-order valence-electron chi connectivity index (χ1n) is 8.93. The van der Waals surface area contributed by atoms with E-state index in [1.165, 1.54) is 0 Å². The predicted molar refractivity (Wildman–Crippen MR) is 120 cm³/mol. The molecule has 5 aromatic rings. The van der Waals surface area contributed by atoms with Crippen LogP contribution < -0.4 is 4.74 Å². The molecule has 29 heavy (non-hydrogen) atoms. The topological polar surface area (TPSA) is 52.3 Å². The fraction of sp³-hybridized carbons (Fsp3) is 0.0435. The van der Waals surface area contributed by atoms with Crippen LogP contribution in [0.3, 0.4) is 0 Å². The van der Waals surface area contributed by atoms with E-state index in [0.29, 0.717) is 15.7 Å². The number of esters is 1. The molecular weight excluding hydrogens is 498 g/mol. The standard InChI is InChI=1S/C23H13Br2NO3/c24-17-11-18(25)23(22-16(17)6-3-9-26-22)29-20(27)10-14-12-28-19-8-7-13-4-1-2-5-15(13)21(14)19/h1-9,11-12H,10H2. The van der Waals surface area contributed by atoms with Gasteiger partial charge in [0, 0.05) is 27.0 Å². The van der Waals surface area contributed by atoms with Crippen molar-refractivity contribution in [1.82, 2.24) is 4.98 Å². The molecule has 0 unspecified atom stereocenters. The van der Waals surface area contributed by atoms with Crippen LogP contribution in [-0.4, -0.2) is 11.0 Å². The summed E-state index contributed by atoms with van der Waals surface area (Å²) in [5, 5.41) is 3.97. The molecule has 0 aliphatic rings. The number of rotatable bonds is 3. The summed E-state index contributed by atoms with van der Waals surface area (Å²) >= 11 is 7.01. The van der Waals surface area contributed by atoms with Crippen molar-refractivity contribution in [3.05, 3.63) is 81.6 Å². The number of fused-ring (bicyclic) bond motifs is 4. The van der Waals surface area contributed by atoms with Gasteiger partial charge in [-0.3, -0.25) is 9.78 Å². The van der Waals surface area contributed by atoms with Gasteiger partial charge in [0.2, 0.25) is 0 Å². The zero-order valence-electron chi connectivity index (χ0n) is 15.0. The molecule has 5 rings (SSSR count). The molecule has 0 spiro atoms. The van der Waals surface area contributed by atoms with Gasteiger partial charge >= 0.3 is 5.97 Å². The lowest BCUT2D eigenvalue weighted by atomic mass is 10.0. The minimum Gasteiger partial charge on any atom is -0.464 e. The molecule has 0 N–H and O–H groups in total. The molecule has 0 atom stereocenters. The van der Waals surface area contributed by atoms with Gasteiger partial charge in [0.15, 0.2) is 5.75 Å². The van der Waals surface area contributed by atoms with Gasteiger partial charge in [-0.15, -0.1) is 0 Å². The van der Waals surface area contributed by atoms with Crippen molar-refractivity contribution in [3.8, 4) is 5.75 Å². The summed E-state index contributed by atoms with van der Waals surface area (Å²) in [6.07, 6.45) is 3.40. The first-order chi connectivity index (χ1) is 14.1. The predicted octanol–water partition coefficient (Wildman–Crippen LogP) is 6.81. The van der Waals surface area contributed by atoms with Crippen molar-refractivity contribution < 1.29 is 13.9 Å². The van der Waals surface area contributed by atoms with Crippen molar-refractivity contribution in [3.63, 3.8) is 0 Å². The van der Waals surface area contributed by atoms with E-state index in [1.54, 1.807) is 12.5 Å². The lowest BCUT2D eigenvalue weighted by Gasteiger charge is -2.10.